The molecule has 0 aliphatic heterocycles. The zero-order valence-electron chi connectivity index (χ0n) is 11.7. The van der Waals surface area contributed by atoms with Crippen LogP contribution in [0.2, 0.25) is 0 Å². The van der Waals surface area contributed by atoms with Crippen LogP contribution >= 0.6 is 0 Å². The number of carbonyl (C=O) groups excluding carboxylic acids is 1. The van der Waals surface area contributed by atoms with Crippen molar-refractivity contribution >= 4 is 11.5 Å². The van der Waals surface area contributed by atoms with Crippen LogP contribution in [0.3, 0.4) is 0 Å². The summed E-state index contributed by atoms with van der Waals surface area (Å²) < 4.78 is 9.70. The Morgan fingerprint density at radius 2 is 1.89 bits per heavy atom. The summed E-state index contributed by atoms with van der Waals surface area (Å²) in [5.74, 6) is 0.492. The van der Waals surface area contributed by atoms with Crippen molar-refractivity contribution in [3.05, 3.63) is 48.1 Å². The number of methoxy groups -OCH3 is 2. The minimum atomic E-state index is -0.346. The number of benzene rings is 1. The first-order valence-corrected chi connectivity index (χ1v) is 6.30. The van der Waals surface area contributed by atoms with Gasteiger partial charge >= 0.3 is 5.97 Å². The summed E-state index contributed by atoms with van der Waals surface area (Å²) in [5.41, 5.74) is 2.32. The minimum Gasteiger partial charge on any atom is -0.497 e. The number of esters is 1. The van der Waals surface area contributed by atoms with Crippen molar-refractivity contribution in [2.75, 3.05) is 14.2 Å². The summed E-state index contributed by atoms with van der Waals surface area (Å²) in [5, 5.41) is 0. The van der Waals surface area contributed by atoms with Gasteiger partial charge in [-0.1, -0.05) is 37.6 Å². The molecule has 0 saturated carbocycles. The van der Waals surface area contributed by atoms with Crippen molar-refractivity contribution < 1.29 is 14.3 Å². The second kappa shape index (κ2) is 8.14. The maximum atomic E-state index is 11.0. The van der Waals surface area contributed by atoms with E-state index in [1.165, 1.54) is 18.8 Å². The largest absolute Gasteiger partial charge is 0.497 e. The van der Waals surface area contributed by atoms with E-state index in [0.717, 1.165) is 24.2 Å². The topological polar surface area (TPSA) is 35.5 Å². The van der Waals surface area contributed by atoms with E-state index in [1.54, 1.807) is 13.2 Å². The van der Waals surface area contributed by atoms with Gasteiger partial charge in [-0.2, -0.15) is 0 Å². The van der Waals surface area contributed by atoms with E-state index < -0.39 is 0 Å². The molecular weight excluding hydrogens is 240 g/mol. The van der Waals surface area contributed by atoms with Crippen molar-refractivity contribution in [2.24, 2.45) is 0 Å². The molecule has 1 aromatic rings. The third kappa shape index (κ3) is 5.00. The molecule has 0 atom stereocenters. The van der Waals surface area contributed by atoms with Crippen LogP contribution in [-0.4, -0.2) is 20.2 Å². The molecule has 3 nitrogen and oxygen atoms in total. The summed E-state index contributed by atoms with van der Waals surface area (Å²) in [6, 6.07) is 7.91. The van der Waals surface area contributed by atoms with Crippen molar-refractivity contribution in [3.8, 4) is 5.75 Å². The van der Waals surface area contributed by atoms with Crippen LogP contribution < -0.4 is 4.74 Å². The molecule has 0 bridgehead atoms. The summed E-state index contributed by atoms with van der Waals surface area (Å²) >= 11 is 0. The lowest BCUT2D eigenvalue weighted by atomic mass is 10.0. The Kier molecular flexibility index (Phi) is 6.44. The first-order valence-electron chi connectivity index (χ1n) is 6.30. The van der Waals surface area contributed by atoms with Gasteiger partial charge in [-0.15, -0.1) is 0 Å². The van der Waals surface area contributed by atoms with Crippen LogP contribution in [0.5, 0.6) is 5.75 Å². The average molecular weight is 260 g/mol. The van der Waals surface area contributed by atoms with Gasteiger partial charge in [0.1, 0.15) is 5.75 Å². The Balaban J connectivity index is 2.89. The molecule has 0 unspecified atom stereocenters. The highest BCUT2D eigenvalue weighted by Crippen LogP contribution is 2.22. The molecule has 0 aliphatic rings. The molecule has 1 aromatic carbocycles. The van der Waals surface area contributed by atoms with Crippen LogP contribution in [0.25, 0.3) is 5.57 Å². The third-order valence-electron chi connectivity index (χ3n) is 2.71. The highest BCUT2D eigenvalue weighted by molar-refractivity contribution is 5.82. The van der Waals surface area contributed by atoms with Gasteiger partial charge in [0.2, 0.25) is 0 Å². The van der Waals surface area contributed by atoms with Gasteiger partial charge in [0.25, 0.3) is 0 Å². The van der Waals surface area contributed by atoms with E-state index in [1.807, 2.05) is 30.3 Å². The monoisotopic (exact) mass is 260 g/mol. The average Bonchev–Trinajstić information content (AvgIpc) is 2.46. The van der Waals surface area contributed by atoms with E-state index in [-0.39, 0.29) is 5.97 Å². The normalized spacial score (nSPS) is 11.6. The lowest BCUT2D eigenvalue weighted by Gasteiger charge is -2.07. The zero-order valence-corrected chi connectivity index (χ0v) is 11.7. The number of allylic oxidation sites excluding steroid dienone is 3. The van der Waals surface area contributed by atoms with E-state index in [0.29, 0.717) is 0 Å². The Bertz CT molecular complexity index is 455. The first kappa shape index (κ1) is 15.0. The van der Waals surface area contributed by atoms with Crippen molar-refractivity contribution in [1.82, 2.24) is 0 Å². The second-order valence-corrected chi connectivity index (χ2v) is 4.05. The van der Waals surface area contributed by atoms with Crippen LogP contribution in [0.15, 0.2) is 42.5 Å². The van der Waals surface area contributed by atoms with Crippen LogP contribution in [0.1, 0.15) is 25.3 Å². The first-order chi connectivity index (χ1) is 9.21. The van der Waals surface area contributed by atoms with E-state index in [2.05, 4.69) is 11.7 Å². The molecule has 0 aromatic heterocycles. The predicted octanol–water partition coefficient (Wildman–Crippen LogP) is 3.61. The fourth-order valence-corrected chi connectivity index (χ4v) is 1.71. The van der Waals surface area contributed by atoms with Crippen molar-refractivity contribution in [1.29, 1.82) is 0 Å². The van der Waals surface area contributed by atoms with Crippen LogP contribution in [-0.2, 0) is 9.53 Å². The van der Waals surface area contributed by atoms with Gasteiger partial charge in [-0.05, 0) is 29.7 Å². The SMILES string of the molecule is CCC/C(=C\C=C\C(=O)OC)c1ccc(OC)cc1. The lowest BCUT2D eigenvalue weighted by molar-refractivity contribution is -0.134. The van der Waals surface area contributed by atoms with Crippen LogP contribution in [0, 0.1) is 0 Å². The Hall–Kier alpha value is -2.03. The van der Waals surface area contributed by atoms with Gasteiger partial charge < -0.3 is 9.47 Å². The van der Waals surface area contributed by atoms with Gasteiger partial charge in [-0.3, -0.25) is 0 Å². The Morgan fingerprint density at radius 3 is 2.42 bits per heavy atom. The second-order valence-electron chi connectivity index (χ2n) is 4.05. The lowest BCUT2D eigenvalue weighted by Crippen LogP contribution is -1.93. The van der Waals surface area contributed by atoms with Gasteiger partial charge in [0.15, 0.2) is 0 Å². The quantitative estimate of drug-likeness (QED) is 0.445. The molecule has 0 heterocycles. The van der Waals surface area contributed by atoms with E-state index in [4.69, 9.17) is 4.74 Å². The molecule has 0 spiro atoms. The summed E-state index contributed by atoms with van der Waals surface area (Å²) in [6.45, 7) is 2.13. The van der Waals surface area contributed by atoms with Crippen LogP contribution in [0.4, 0.5) is 0 Å². The predicted molar refractivity (Wildman–Crippen MR) is 77.0 cm³/mol. The number of rotatable bonds is 6. The van der Waals surface area contributed by atoms with Gasteiger partial charge in [0, 0.05) is 6.08 Å². The molecule has 1 rings (SSSR count). The Morgan fingerprint density at radius 1 is 1.21 bits per heavy atom. The number of hydrogen-bond donors (Lipinski definition) is 0. The summed E-state index contributed by atoms with van der Waals surface area (Å²) in [6.07, 6.45) is 7.09. The smallest absolute Gasteiger partial charge is 0.330 e. The van der Waals surface area contributed by atoms with Gasteiger partial charge in [0.05, 0.1) is 14.2 Å². The molecule has 19 heavy (non-hydrogen) atoms. The summed E-state index contributed by atoms with van der Waals surface area (Å²) in [4.78, 5) is 11.0. The number of ether oxygens (including phenoxy) is 2. The van der Waals surface area contributed by atoms with Crippen molar-refractivity contribution in [3.63, 3.8) is 0 Å². The molecule has 0 saturated heterocycles. The third-order valence-corrected chi connectivity index (χ3v) is 2.71. The highest BCUT2D eigenvalue weighted by Gasteiger charge is 2.00. The molecule has 102 valence electrons. The van der Waals surface area contributed by atoms with Crippen molar-refractivity contribution in [2.45, 2.75) is 19.8 Å². The molecule has 0 aliphatic carbocycles. The number of hydrogen-bond acceptors (Lipinski definition) is 3. The summed E-state index contributed by atoms with van der Waals surface area (Å²) in [7, 11) is 3.02. The van der Waals surface area contributed by atoms with E-state index >= 15 is 0 Å². The maximum absolute atomic E-state index is 11.0. The standard InChI is InChI=1S/C16H20O3/c1-4-6-13(7-5-8-16(17)19-3)14-9-11-15(18-2)12-10-14/h5,7-12H,4,6H2,1-3H3/b8-5+,13-7+. The molecule has 0 amide bonds. The molecule has 0 radical (unpaired) electrons. The fraction of sp³-hybridized carbons (Fsp3) is 0.312. The number of carbonyl (C=O) groups is 1. The molecular formula is C16H20O3. The molecule has 0 N–H and O–H groups in total. The highest BCUT2D eigenvalue weighted by atomic mass is 16.5. The van der Waals surface area contributed by atoms with Gasteiger partial charge in [-0.25, -0.2) is 4.79 Å². The zero-order chi connectivity index (χ0) is 14.1. The van der Waals surface area contributed by atoms with E-state index in [9.17, 15) is 4.79 Å². The molecule has 3 heteroatoms. The molecule has 0 fully saturated rings. The fourth-order valence-electron chi connectivity index (χ4n) is 1.71. The maximum Gasteiger partial charge on any atom is 0.330 e. The minimum absolute atomic E-state index is 0.346. The Labute approximate surface area is 114 Å².